The smallest absolute Gasteiger partial charge is 0.326 e. The van der Waals surface area contributed by atoms with Gasteiger partial charge in [0.05, 0.1) is 0 Å². The van der Waals surface area contributed by atoms with Crippen molar-refractivity contribution in [1.29, 1.82) is 0 Å². The molecular formula is C9H16N2O4. The summed E-state index contributed by atoms with van der Waals surface area (Å²) in [5.41, 5.74) is -0.174. The number of urea groups is 1. The van der Waals surface area contributed by atoms with Crippen molar-refractivity contribution >= 4 is 12.0 Å². The van der Waals surface area contributed by atoms with E-state index in [1.165, 1.54) is 0 Å². The molecular weight excluding hydrogens is 200 g/mol. The number of carboxylic acid groups (broad SMARTS) is 1. The first-order chi connectivity index (χ1) is 6.97. The van der Waals surface area contributed by atoms with Gasteiger partial charge in [-0.2, -0.15) is 0 Å². The van der Waals surface area contributed by atoms with Crippen LogP contribution in [0.4, 0.5) is 4.79 Å². The molecule has 0 heterocycles. The van der Waals surface area contributed by atoms with Gasteiger partial charge in [-0.15, -0.1) is 0 Å². The van der Waals surface area contributed by atoms with Crippen LogP contribution in [-0.4, -0.2) is 40.4 Å². The minimum absolute atomic E-state index is 0.0134. The average molecular weight is 216 g/mol. The Hall–Kier alpha value is -1.30. The molecule has 4 N–H and O–H groups in total. The molecule has 2 amide bonds. The van der Waals surface area contributed by atoms with Gasteiger partial charge in [-0.05, 0) is 19.8 Å². The van der Waals surface area contributed by atoms with Crippen molar-refractivity contribution < 1.29 is 19.8 Å². The molecule has 0 unspecified atom stereocenters. The molecule has 1 aliphatic carbocycles. The van der Waals surface area contributed by atoms with Crippen molar-refractivity contribution in [3.8, 4) is 0 Å². The van der Waals surface area contributed by atoms with Crippen LogP contribution in [0.15, 0.2) is 0 Å². The highest BCUT2D eigenvalue weighted by molar-refractivity contribution is 5.83. The summed E-state index contributed by atoms with van der Waals surface area (Å²) < 4.78 is 0. The molecule has 15 heavy (non-hydrogen) atoms. The Morgan fingerprint density at radius 3 is 2.47 bits per heavy atom. The zero-order valence-electron chi connectivity index (χ0n) is 8.62. The van der Waals surface area contributed by atoms with E-state index in [0.717, 1.165) is 12.8 Å². The summed E-state index contributed by atoms with van der Waals surface area (Å²) in [4.78, 5) is 22.0. The molecule has 1 fully saturated rings. The number of aliphatic hydroxyl groups is 1. The fourth-order valence-corrected chi connectivity index (χ4v) is 1.17. The summed E-state index contributed by atoms with van der Waals surface area (Å²) >= 11 is 0. The van der Waals surface area contributed by atoms with Gasteiger partial charge in [0, 0.05) is 18.6 Å². The van der Waals surface area contributed by atoms with E-state index in [1.54, 1.807) is 0 Å². The van der Waals surface area contributed by atoms with Crippen molar-refractivity contribution in [2.24, 2.45) is 0 Å². The fourth-order valence-electron chi connectivity index (χ4n) is 1.17. The number of rotatable bonds is 5. The van der Waals surface area contributed by atoms with Crippen LogP contribution in [0.2, 0.25) is 0 Å². The Bertz CT molecular complexity index is 263. The lowest BCUT2D eigenvalue weighted by atomic mass is 10.2. The predicted octanol–water partition coefficient (Wildman–Crippen LogP) is -0.326. The number of nitrogens with one attached hydrogen (secondary N) is 2. The summed E-state index contributed by atoms with van der Waals surface area (Å²) in [7, 11) is 0. The van der Waals surface area contributed by atoms with Crippen LogP contribution in [-0.2, 0) is 4.79 Å². The second-order valence-corrected chi connectivity index (χ2v) is 4.06. The van der Waals surface area contributed by atoms with Gasteiger partial charge in [0.2, 0.25) is 0 Å². The van der Waals surface area contributed by atoms with Gasteiger partial charge >= 0.3 is 12.0 Å². The number of aliphatic carboxylic acids is 1. The Morgan fingerprint density at radius 1 is 1.47 bits per heavy atom. The molecule has 1 atom stereocenters. The van der Waals surface area contributed by atoms with Crippen LogP contribution >= 0.6 is 0 Å². The van der Waals surface area contributed by atoms with Crippen LogP contribution < -0.4 is 10.6 Å². The molecule has 0 bridgehead atoms. The summed E-state index contributed by atoms with van der Waals surface area (Å²) in [5, 5.41) is 22.3. The number of carbonyl (C=O) groups is 2. The monoisotopic (exact) mass is 216 g/mol. The maximum atomic E-state index is 11.3. The van der Waals surface area contributed by atoms with Gasteiger partial charge in [-0.25, -0.2) is 9.59 Å². The maximum Gasteiger partial charge on any atom is 0.326 e. The Kier molecular flexibility index (Phi) is 3.52. The Balaban J connectivity index is 2.36. The van der Waals surface area contributed by atoms with Gasteiger partial charge < -0.3 is 20.8 Å². The Morgan fingerprint density at radius 2 is 2.07 bits per heavy atom. The fraction of sp³-hybridized carbons (Fsp3) is 0.778. The third kappa shape index (κ3) is 3.75. The largest absolute Gasteiger partial charge is 0.480 e. The van der Waals surface area contributed by atoms with Crippen LogP contribution in [0.3, 0.4) is 0 Å². The normalized spacial score (nSPS) is 19.1. The lowest BCUT2D eigenvalue weighted by molar-refractivity contribution is -0.139. The van der Waals surface area contributed by atoms with Crippen molar-refractivity contribution in [1.82, 2.24) is 10.6 Å². The van der Waals surface area contributed by atoms with Gasteiger partial charge in [-0.1, -0.05) is 0 Å². The number of amides is 2. The minimum atomic E-state index is -1.14. The second kappa shape index (κ2) is 4.48. The van der Waals surface area contributed by atoms with E-state index in [2.05, 4.69) is 10.6 Å². The summed E-state index contributed by atoms with van der Waals surface area (Å²) in [5.74, 6) is -1.14. The zero-order chi connectivity index (χ0) is 11.5. The van der Waals surface area contributed by atoms with Gasteiger partial charge in [0.1, 0.15) is 6.04 Å². The molecule has 0 radical (unpaired) electrons. The summed E-state index contributed by atoms with van der Waals surface area (Å²) in [6.45, 7) is 1.63. The number of carboxylic acids is 1. The highest BCUT2D eigenvalue weighted by Crippen LogP contribution is 2.33. The van der Waals surface area contributed by atoms with Crippen LogP contribution in [0.1, 0.15) is 26.2 Å². The third-order valence-electron chi connectivity index (χ3n) is 2.44. The second-order valence-electron chi connectivity index (χ2n) is 4.06. The predicted molar refractivity (Wildman–Crippen MR) is 52.4 cm³/mol. The maximum absolute atomic E-state index is 11.3. The molecule has 0 aromatic heterocycles. The topological polar surface area (TPSA) is 98.7 Å². The lowest BCUT2D eigenvalue weighted by Gasteiger charge is -2.16. The SMILES string of the molecule is CC1(NC(=O)N[C@H](CCO)C(=O)O)CC1. The molecule has 0 aliphatic heterocycles. The van der Waals surface area contributed by atoms with E-state index in [4.69, 9.17) is 10.2 Å². The van der Waals surface area contributed by atoms with Crippen molar-refractivity contribution in [2.45, 2.75) is 37.8 Å². The van der Waals surface area contributed by atoms with E-state index in [1.807, 2.05) is 6.92 Å². The quantitative estimate of drug-likeness (QED) is 0.506. The van der Waals surface area contributed by atoms with Crippen LogP contribution in [0.5, 0.6) is 0 Å². The van der Waals surface area contributed by atoms with E-state index in [9.17, 15) is 9.59 Å². The molecule has 6 nitrogen and oxygen atoms in total. The molecule has 86 valence electrons. The van der Waals surface area contributed by atoms with E-state index in [-0.39, 0.29) is 18.6 Å². The van der Waals surface area contributed by atoms with E-state index < -0.39 is 18.0 Å². The zero-order valence-corrected chi connectivity index (χ0v) is 8.62. The first-order valence-corrected chi connectivity index (χ1v) is 4.89. The summed E-state index contributed by atoms with van der Waals surface area (Å²) in [6, 6.07) is -1.52. The van der Waals surface area contributed by atoms with Crippen LogP contribution in [0, 0.1) is 0 Å². The first kappa shape index (κ1) is 11.8. The molecule has 1 saturated carbocycles. The first-order valence-electron chi connectivity index (χ1n) is 4.89. The van der Waals surface area contributed by atoms with E-state index in [0.29, 0.717) is 0 Å². The minimum Gasteiger partial charge on any atom is -0.480 e. The highest BCUT2D eigenvalue weighted by Gasteiger charge is 2.39. The van der Waals surface area contributed by atoms with Crippen molar-refractivity contribution in [3.63, 3.8) is 0 Å². The van der Waals surface area contributed by atoms with Crippen LogP contribution in [0.25, 0.3) is 0 Å². The molecule has 0 aromatic carbocycles. The third-order valence-corrected chi connectivity index (χ3v) is 2.44. The van der Waals surface area contributed by atoms with Gasteiger partial charge in [0.25, 0.3) is 0 Å². The molecule has 1 aliphatic rings. The number of hydrogen-bond donors (Lipinski definition) is 4. The van der Waals surface area contributed by atoms with Gasteiger partial charge in [0.15, 0.2) is 0 Å². The molecule has 0 spiro atoms. The van der Waals surface area contributed by atoms with Crippen molar-refractivity contribution in [3.05, 3.63) is 0 Å². The van der Waals surface area contributed by atoms with Gasteiger partial charge in [-0.3, -0.25) is 0 Å². The number of carbonyl (C=O) groups excluding carboxylic acids is 1. The van der Waals surface area contributed by atoms with Crippen molar-refractivity contribution in [2.75, 3.05) is 6.61 Å². The van der Waals surface area contributed by atoms with E-state index >= 15 is 0 Å². The Labute approximate surface area is 87.7 Å². The lowest BCUT2D eigenvalue weighted by Crippen LogP contribution is -2.49. The average Bonchev–Trinajstić information content (AvgIpc) is 2.82. The standard InChI is InChI=1S/C9H16N2O4/c1-9(3-4-9)11-8(15)10-6(2-5-12)7(13)14/h6,12H,2-5H2,1H3,(H,13,14)(H2,10,11,15)/t6-/m1/s1. The molecule has 0 aromatic rings. The summed E-state index contributed by atoms with van der Waals surface area (Å²) in [6.07, 6.45) is 1.84. The molecule has 1 rings (SSSR count). The number of hydrogen-bond acceptors (Lipinski definition) is 3. The highest BCUT2D eigenvalue weighted by atomic mass is 16.4. The molecule has 6 heteroatoms. The number of aliphatic hydroxyl groups excluding tert-OH is 1. The molecule has 0 saturated heterocycles.